The van der Waals surface area contributed by atoms with E-state index >= 15 is 0 Å². The van der Waals surface area contributed by atoms with Gasteiger partial charge in [0, 0.05) is 30.1 Å². The zero-order valence-corrected chi connectivity index (χ0v) is 17.7. The summed E-state index contributed by atoms with van der Waals surface area (Å²) in [5, 5.41) is 2.81. The smallest absolute Gasteiger partial charge is 0.230 e. The largest absolute Gasteiger partial charge is 0.338 e. The van der Waals surface area contributed by atoms with Gasteiger partial charge < -0.3 is 5.32 Å². The summed E-state index contributed by atoms with van der Waals surface area (Å²) in [5.41, 5.74) is -0.930. The molecule has 2 atom stereocenters. The number of ketones is 1. The molecule has 6 nitrogen and oxygen atoms in total. The van der Waals surface area contributed by atoms with Crippen LogP contribution in [0.3, 0.4) is 0 Å². The van der Waals surface area contributed by atoms with Crippen LogP contribution >= 0.6 is 0 Å². The predicted octanol–water partition coefficient (Wildman–Crippen LogP) is 3.36. The SMILES string of the molecule is CC(C)(C)C(=O)C[C@H]1/C=C/CC[C@@](C)(C(=O)NCN2C(=O)CCCC2=O)CC1. The van der Waals surface area contributed by atoms with E-state index in [1.165, 1.54) is 0 Å². The maximum Gasteiger partial charge on any atom is 0.230 e. The maximum atomic E-state index is 12.9. The lowest BCUT2D eigenvalue weighted by molar-refractivity contribution is -0.149. The molecule has 0 saturated carbocycles. The number of imide groups is 1. The third kappa shape index (κ3) is 5.76. The molecule has 0 aromatic rings. The van der Waals surface area contributed by atoms with Crippen molar-refractivity contribution in [2.45, 2.75) is 79.1 Å². The van der Waals surface area contributed by atoms with Crippen LogP contribution < -0.4 is 5.32 Å². The number of nitrogens with zero attached hydrogens (tertiary/aromatic N) is 1. The molecular formula is C22H34N2O4. The third-order valence-electron chi connectivity index (χ3n) is 5.95. The van der Waals surface area contributed by atoms with Crippen molar-refractivity contribution < 1.29 is 19.2 Å². The van der Waals surface area contributed by atoms with Crippen molar-refractivity contribution in [3.63, 3.8) is 0 Å². The van der Waals surface area contributed by atoms with Crippen molar-refractivity contribution in [3.05, 3.63) is 12.2 Å². The molecule has 2 aliphatic rings. The number of nitrogens with one attached hydrogen (secondary N) is 1. The average molecular weight is 391 g/mol. The van der Waals surface area contributed by atoms with Crippen molar-refractivity contribution in [1.82, 2.24) is 10.2 Å². The van der Waals surface area contributed by atoms with Crippen molar-refractivity contribution in [2.24, 2.45) is 16.7 Å². The Labute approximate surface area is 168 Å². The van der Waals surface area contributed by atoms with E-state index in [2.05, 4.69) is 17.5 Å². The topological polar surface area (TPSA) is 83.6 Å². The van der Waals surface area contributed by atoms with Crippen molar-refractivity contribution >= 4 is 23.5 Å². The molecule has 28 heavy (non-hydrogen) atoms. The zero-order chi connectivity index (χ0) is 20.9. The van der Waals surface area contributed by atoms with E-state index in [0.29, 0.717) is 38.5 Å². The van der Waals surface area contributed by atoms with Crippen LogP contribution in [0.15, 0.2) is 12.2 Å². The number of allylic oxidation sites excluding steroid dienone is 2. The highest BCUT2D eigenvalue weighted by Crippen LogP contribution is 2.35. The minimum Gasteiger partial charge on any atom is -0.338 e. The molecule has 0 aromatic carbocycles. The van der Waals surface area contributed by atoms with Gasteiger partial charge in [0.1, 0.15) is 12.5 Å². The summed E-state index contributed by atoms with van der Waals surface area (Å²) in [6.45, 7) is 7.69. The minimum atomic E-state index is -0.574. The van der Waals surface area contributed by atoms with Crippen LogP contribution in [-0.4, -0.2) is 35.1 Å². The van der Waals surface area contributed by atoms with E-state index in [4.69, 9.17) is 0 Å². The van der Waals surface area contributed by atoms with Gasteiger partial charge in [-0.05, 0) is 38.0 Å². The van der Waals surface area contributed by atoms with E-state index in [1.54, 1.807) is 0 Å². The van der Waals surface area contributed by atoms with Gasteiger partial charge in [0.2, 0.25) is 17.7 Å². The van der Waals surface area contributed by atoms with Crippen LogP contribution in [0, 0.1) is 16.7 Å². The van der Waals surface area contributed by atoms with Crippen LogP contribution in [0.4, 0.5) is 0 Å². The van der Waals surface area contributed by atoms with Gasteiger partial charge in [-0.25, -0.2) is 0 Å². The molecule has 1 saturated heterocycles. The van der Waals surface area contributed by atoms with Gasteiger partial charge in [0.05, 0.1) is 0 Å². The number of carbonyl (C=O) groups is 4. The maximum absolute atomic E-state index is 12.9. The molecule has 1 fully saturated rings. The number of likely N-dealkylation sites (tertiary alicyclic amines) is 1. The van der Waals surface area contributed by atoms with Crippen molar-refractivity contribution in [1.29, 1.82) is 0 Å². The summed E-state index contributed by atoms with van der Waals surface area (Å²) in [6.07, 6.45) is 8.89. The standard InChI is InChI=1S/C22H34N2O4/c1-21(2,3)17(25)14-16-8-5-6-12-22(4,13-11-16)20(28)23-15-24-18(26)9-7-10-19(24)27/h5,8,16H,6-7,9-15H2,1-4H3,(H,23,28)/b8-5+/t16-,22+/m0/s1. The molecule has 156 valence electrons. The highest BCUT2D eigenvalue weighted by atomic mass is 16.2. The summed E-state index contributed by atoms with van der Waals surface area (Å²) in [6, 6.07) is 0. The Balaban J connectivity index is 1.95. The van der Waals surface area contributed by atoms with Gasteiger partial charge in [0.15, 0.2) is 0 Å². The molecule has 0 unspecified atom stereocenters. The molecule has 1 aliphatic heterocycles. The van der Waals surface area contributed by atoms with E-state index < -0.39 is 5.41 Å². The Kier molecular flexibility index (Phi) is 7.18. The van der Waals surface area contributed by atoms with Crippen LogP contribution in [0.1, 0.15) is 79.1 Å². The quantitative estimate of drug-likeness (QED) is 0.576. The number of rotatable bonds is 5. The van der Waals surface area contributed by atoms with Gasteiger partial charge in [0.25, 0.3) is 0 Å². The lowest BCUT2D eigenvalue weighted by Crippen LogP contribution is -2.50. The summed E-state index contributed by atoms with van der Waals surface area (Å²) < 4.78 is 0. The van der Waals surface area contributed by atoms with E-state index in [-0.39, 0.29) is 41.5 Å². The highest BCUT2D eigenvalue weighted by molar-refractivity contribution is 5.97. The summed E-state index contributed by atoms with van der Waals surface area (Å²) in [7, 11) is 0. The summed E-state index contributed by atoms with van der Waals surface area (Å²) in [4.78, 5) is 50.2. The van der Waals surface area contributed by atoms with E-state index in [1.807, 2.05) is 27.7 Å². The van der Waals surface area contributed by atoms with Crippen molar-refractivity contribution in [3.8, 4) is 0 Å². The van der Waals surface area contributed by atoms with Crippen LogP contribution in [-0.2, 0) is 19.2 Å². The molecule has 3 amide bonds. The third-order valence-corrected chi connectivity index (χ3v) is 5.95. The monoisotopic (exact) mass is 390 g/mol. The predicted molar refractivity (Wildman–Crippen MR) is 107 cm³/mol. The van der Waals surface area contributed by atoms with Crippen LogP contribution in [0.25, 0.3) is 0 Å². The second-order valence-corrected chi connectivity index (χ2v) is 9.44. The number of Topliss-reactive ketones (excluding diaryl/α,β-unsaturated/α-hetero) is 1. The molecule has 0 radical (unpaired) electrons. The summed E-state index contributed by atoms with van der Waals surface area (Å²) in [5.74, 6) is -0.193. The first-order valence-corrected chi connectivity index (χ1v) is 10.3. The molecule has 6 heteroatoms. The molecule has 0 aromatic heterocycles. The van der Waals surface area contributed by atoms with Gasteiger partial charge in [-0.2, -0.15) is 0 Å². The second-order valence-electron chi connectivity index (χ2n) is 9.44. The Bertz CT molecular complexity index is 646. The molecule has 0 spiro atoms. The molecule has 1 heterocycles. The lowest BCUT2D eigenvalue weighted by Gasteiger charge is -2.33. The van der Waals surface area contributed by atoms with E-state index in [0.717, 1.165) is 17.7 Å². The number of hydrogen-bond acceptors (Lipinski definition) is 4. The normalized spacial score (nSPS) is 27.7. The van der Waals surface area contributed by atoms with Gasteiger partial charge >= 0.3 is 0 Å². The zero-order valence-electron chi connectivity index (χ0n) is 17.7. The van der Waals surface area contributed by atoms with Gasteiger partial charge in [-0.1, -0.05) is 39.8 Å². The number of carbonyl (C=O) groups excluding carboxylic acids is 4. The Morgan fingerprint density at radius 1 is 1.18 bits per heavy atom. The van der Waals surface area contributed by atoms with Crippen LogP contribution in [0.5, 0.6) is 0 Å². The Morgan fingerprint density at radius 2 is 1.82 bits per heavy atom. The molecular weight excluding hydrogens is 356 g/mol. The number of amides is 3. The van der Waals surface area contributed by atoms with Crippen LogP contribution in [0.2, 0.25) is 0 Å². The number of hydrogen-bond donors (Lipinski definition) is 1. The molecule has 0 bridgehead atoms. The highest BCUT2D eigenvalue weighted by Gasteiger charge is 2.35. The molecule has 1 N–H and O–H groups in total. The average Bonchev–Trinajstić information content (AvgIpc) is 2.59. The van der Waals surface area contributed by atoms with Crippen molar-refractivity contribution in [2.75, 3.05) is 6.67 Å². The lowest BCUT2D eigenvalue weighted by atomic mass is 9.74. The second kappa shape index (κ2) is 9.01. The first kappa shape index (κ1) is 22.3. The molecule has 1 aliphatic carbocycles. The fourth-order valence-corrected chi connectivity index (χ4v) is 3.70. The first-order chi connectivity index (χ1) is 13.0. The van der Waals surface area contributed by atoms with E-state index in [9.17, 15) is 19.2 Å². The van der Waals surface area contributed by atoms with Gasteiger partial charge in [-0.3, -0.25) is 24.1 Å². The number of piperidine rings is 1. The minimum absolute atomic E-state index is 0.0478. The summed E-state index contributed by atoms with van der Waals surface area (Å²) >= 11 is 0. The molecule has 2 rings (SSSR count). The van der Waals surface area contributed by atoms with Gasteiger partial charge in [-0.15, -0.1) is 0 Å². The Hall–Kier alpha value is -1.98. The fraction of sp³-hybridized carbons (Fsp3) is 0.727. The fourth-order valence-electron chi connectivity index (χ4n) is 3.70. The Morgan fingerprint density at radius 3 is 2.43 bits per heavy atom. The first-order valence-electron chi connectivity index (χ1n) is 10.3.